The number of ketones is 1. The number of halogens is 1. The Balaban J connectivity index is 1.94. The summed E-state index contributed by atoms with van der Waals surface area (Å²) in [7, 11) is -3.50. The molecule has 0 bridgehead atoms. The lowest BCUT2D eigenvalue weighted by molar-refractivity contribution is 0.0987. The molecule has 142 valence electrons. The first-order valence-corrected chi connectivity index (χ1v) is 10.1. The zero-order valence-corrected chi connectivity index (χ0v) is 15.8. The lowest BCUT2D eigenvalue weighted by Gasteiger charge is -2.30. The van der Waals surface area contributed by atoms with Crippen molar-refractivity contribution in [2.75, 3.05) is 11.5 Å². The Bertz CT molecular complexity index is 1040. The fourth-order valence-corrected chi connectivity index (χ4v) is 4.83. The zero-order chi connectivity index (χ0) is 19.8. The van der Waals surface area contributed by atoms with Crippen molar-refractivity contribution in [1.29, 1.82) is 0 Å². The molecule has 3 rings (SSSR count). The van der Waals surface area contributed by atoms with Crippen LogP contribution in [0.25, 0.3) is 0 Å². The summed E-state index contributed by atoms with van der Waals surface area (Å²) in [5.41, 5.74) is 5.84. The molecule has 7 nitrogen and oxygen atoms in total. The third kappa shape index (κ3) is 4.19. The van der Waals surface area contributed by atoms with E-state index in [1.165, 1.54) is 37.5 Å². The van der Waals surface area contributed by atoms with E-state index in [4.69, 9.17) is 5.73 Å². The van der Waals surface area contributed by atoms with Gasteiger partial charge in [0.15, 0.2) is 15.6 Å². The summed E-state index contributed by atoms with van der Waals surface area (Å²) >= 11 is 0. The van der Waals surface area contributed by atoms with Gasteiger partial charge in [-0.3, -0.25) is 14.8 Å². The van der Waals surface area contributed by atoms with Gasteiger partial charge in [-0.2, -0.15) is 0 Å². The Kier molecular flexibility index (Phi) is 4.81. The SMILES string of the molecule is Cc1cnc(C(=O)Cc2ccc(F)c([C@]3(C)CS(=O)(=O)CC(N)=N3)c2)cn1. The Morgan fingerprint density at radius 1 is 1.30 bits per heavy atom. The highest BCUT2D eigenvalue weighted by Gasteiger charge is 2.39. The van der Waals surface area contributed by atoms with Crippen LogP contribution in [-0.2, 0) is 21.8 Å². The van der Waals surface area contributed by atoms with Gasteiger partial charge in [-0.05, 0) is 31.5 Å². The number of hydrogen-bond acceptors (Lipinski definition) is 7. The Hall–Kier alpha value is -2.68. The fourth-order valence-electron chi connectivity index (χ4n) is 3.13. The van der Waals surface area contributed by atoms with E-state index < -0.39 is 21.2 Å². The number of Topliss-reactive ketones (excluding diaryl/α,β-unsaturated/α-hetero) is 1. The highest BCUT2D eigenvalue weighted by atomic mass is 32.2. The second kappa shape index (κ2) is 6.80. The monoisotopic (exact) mass is 390 g/mol. The molecule has 1 aliphatic heterocycles. The predicted molar refractivity (Wildman–Crippen MR) is 98.8 cm³/mol. The largest absolute Gasteiger partial charge is 0.387 e. The average Bonchev–Trinajstić information content (AvgIpc) is 2.54. The third-order valence-corrected chi connectivity index (χ3v) is 6.04. The number of amidine groups is 1. The summed E-state index contributed by atoms with van der Waals surface area (Å²) in [4.78, 5) is 24.7. The van der Waals surface area contributed by atoms with E-state index in [0.29, 0.717) is 11.3 Å². The minimum Gasteiger partial charge on any atom is -0.387 e. The summed E-state index contributed by atoms with van der Waals surface area (Å²) in [6.45, 7) is 3.28. The van der Waals surface area contributed by atoms with Gasteiger partial charge in [-0.15, -0.1) is 0 Å². The Labute approximate surface area is 156 Å². The molecule has 0 saturated carbocycles. The van der Waals surface area contributed by atoms with Gasteiger partial charge in [0.2, 0.25) is 0 Å². The molecule has 2 heterocycles. The van der Waals surface area contributed by atoms with Crippen molar-refractivity contribution in [3.05, 3.63) is 58.9 Å². The number of aliphatic imine (C=N–C) groups is 1. The third-order valence-electron chi connectivity index (χ3n) is 4.30. The summed E-state index contributed by atoms with van der Waals surface area (Å²) in [5, 5.41) is 0. The molecular weight excluding hydrogens is 371 g/mol. The van der Waals surface area contributed by atoms with Gasteiger partial charge in [-0.25, -0.2) is 17.8 Å². The minimum absolute atomic E-state index is 0.0208. The van der Waals surface area contributed by atoms with E-state index in [9.17, 15) is 17.6 Å². The van der Waals surface area contributed by atoms with E-state index in [1.54, 1.807) is 6.92 Å². The highest BCUT2D eigenvalue weighted by molar-refractivity contribution is 7.92. The molecule has 0 spiro atoms. The van der Waals surface area contributed by atoms with Crippen molar-refractivity contribution in [2.45, 2.75) is 25.8 Å². The van der Waals surface area contributed by atoms with Crippen LogP contribution in [0, 0.1) is 12.7 Å². The van der Waals surface area contributed by atoms with Crippen molar-refractivity contribution in [3.8, 4) is 0 Å². The summed E-state index contributed by atoms with van der Waals surface area (Å²) in [6, 6.07) is 4.15. The lowest BCUT2D eigenvalue weighted by Crippen LogP contribution is -2.42. The van der Waals surface area contributed by atoms with E-state index in [1.807, 2.05) is 0 Å². The van der Waals surface area contributed by atoms with Crippen LogP contribution in [0.15, 0.2) is 35.6 Å². The second-order valence-corrected chi connectivity index (χ2v) is 8.93. The Morgan fingerprint density at radius 2 is 2.04 bits per heavy atom. The average molecular weight is 390 g/mol. The fraction of sp³-hybridized carbons (Fsp3) is 0.333. The molecule has 2 N–H and O–H groups in total. The van der Waals surface area contributed by atoms with Gasteiger partial charge in [0.25, 0.3) is 0 Å². The van der Waals surface area contributed by atoms with E-state index in [-0.39, 0.29) is 40.8 Å². The van der Waals surface area contributed by atoms with Crippen molar-refractivity contribution in [3.63, 3.8) is 0 Å². The smallest absolute Gasteiger partial charge is 0.187 e. The molecular formula is C18H19FN4O3S. The Morgan fingerprint density at radius 3 is 2.67 bits per heavy atom. The standard InChI is InChI=1S/C18H19FN4O3S/c1-11-7-22-15(8-21-11)16(24)6-12-3-4-14(19)13(5-12)18(2)10-27(25,26)9-17(20)23-18/h3-5,7-8H,6,9-10H2,1-2H3,(H2,20,23)/t18-/m0/s1. The minimum atomic E-state index is -3.50. The number of benzene rings is 1. The number of sulfone groups is 1. The molecule has 0 fully saturated rings. The molecule has 27 heavy (non-hydrogen) atoms. The molecule has 1 aromatic heterocycles. The molecule has 0 saturated heterocycles. The zero-order valence-electron chi connectivity index (χ0n) is 14.9. The topological polar surface area (TPSA) is 115 Å². The number of carbonyl (C=O) groups excluding carboxylic acids is 1. The number of nitrogens with two attached hydrogens (primary N) is 1. The number of aryl methyl sites for hydroxylation is 1. The van der Waals surface area contributed by atoms with Gasteiger partial charge >= 0.3 is 0 Å². The van der Waals surface area contributed by atoms with Gasteiger partial charge in [0, 0.05) is 18.2 Å². The maximum Gasteiger partial charge on any atom is 0.187 e. The van der Waals surface area contributed by atoms with E-state index in [2.05, 4.69) is 15.0 Å². The van der Waals surface area contributed by atoms with Gasteiger partial charge in [0.05, 0.1) is 17.6 Å². The van der Waals surface area contributed by atoms with Crippen LogP contribution in [0.4, 0.5) is 4.39 Å². The summed E-state index contributed by atoms with van der Waals surface area (Å²) in [5.74, 6) is -1.62. The van der Waals surface area contributed by atoms with Crippen molar-refractivity contribution >= 4 is 21.5 Å². The van der Waals surface area contributed by atoms with E-state index >= 15 is 0 Å². The van der Waals surface area contributed by atoms with Crippen molar-refractivity contribution < 1.29 is 17.6 Å². The van der Waals surface area contributed by atoms with Crippen molar-refractivity contribution in [2.24, 2.45) is 10.7 Å². The first-order chi connectivity index (χ1) is 12.6. The summed E-state index contributed by atoms with van der Waals surface area (Å²) < 4.78 is 38.6. The number of rotatable bonds is 4. The van der Waals surface area contributed by atoms with Gasteiger partial charge < -0.3 is 5.73 Å². The molecule has 1 atom stereocenters. The first kappa shape index (κ1) is 19.1. The van der Waals surface area contributed by atoms with Crippen LogP contribution in [-0.4, -0.2) is 41.5 Å². The van der Waals surface area contributed by atoms with Crippen LogP contribution < -0.4 is 5.73 Å². The van der Waals surface area contributed by atoms with Crippen LogP contribution in [0.5, 0.6) is 0 Å². The quantitative estimate of drug-likeness (QED) is 0.788. The molecule has 0 amide bonds. The molecule has 0 unspecified atom stereocenters. The summed E-state index contributed by atoms with van der Waals surface area (Å²) in [6.07, 6.45) is 2.86. The molecule has 0 aliphatic carbocycles. The number of aromatic nitrogens is 2. The van der Waals surface area contributed by atoms with Gasteiger partial charge in [-0.1, -0.05) is 6.07 Å². The highest BCUT2D eigenvalue weighted by Crippen LogP contribution is 2.33. The molecule has 1 aromatic carbocycles. The lowest BCUT2D eigenvalue weighted by atomic mass is 9.91. The van der Waals surface area contributed by atoms with Crippen molar-refractivity contribution in [1.82, 2.24) is 9.97 Å². The van der Waals surface area contributed by atoms with Crippen LogP contribution in [0.2, 0.25) is 0 Å². The number of carbonyl (C=O) groups is 1. The normalized spacial score (nSPS) is 21.5. The predicted octanol–water partition coefficient (Wildman–Crippen LogP) is 1.35. The molecule has 1 aliphatic rings. The van der Waals surface area contributed by atoms with Crippen LogP contribution in [0.3, 0.4) is 0 Å². The van der Waals surface area contributed by atoms with E-state index in [0.717, 1.165) is 0 Å². The van der Waals surface area contributed by atoms with Gasteiger partial charge in [0.1, 0.15) is 28.6 Å². The van der Waals surface area contributed by atoms with Crippen LogP contribution in [0.1, 0.15) is 34.2 Å². The maximum atomic E-state index is 14.5. The molecule has 0 radical (unpaired) electrons. The molecule has 2 aromatic rings. The maximum absolute atomic E-state index is 14.5. The molecule has 9 heteroatoms. The van der Waals surface area contributed by atoms with Crippen LogP contribution >= 0.6 is 0 Å². The number of hydrogen-bond donors (Lipinski definition) is 1. The number of nitrogens with zero attached hydrogens (tertiary/aromatic N) is 3. The first-order valence-electron chi connectivity index (χ1n) is 8.23. The second-order valence-electron chi connectivity index (χ2n) is 6.87.